The average molecular weight is 226 g/mol. The molecule has 2 rings (SSSR count). The summed E-state index contributed by atoms with van der Waals surface area (Å²) in [7, 11) is 2.10. The quantitative estimate of drug-likeness (QED) is 0.786. The maximum Gasteiger partial charge on any atom is 0.0702 e. The number of likely N-dealkylation sites (tertiary alicyclic amines) is 1. The highest BCUT2D eigenvalue weighted by atomic mass is 16.5. The average Bonchev–Trinajstić information content (AvgIpc) is 2.81. The van der Waals surface area contributed by atoms with Crippen LogP contribution >= 0.6 is 0 Å². The fourth-order valence-electron chi connectivity index (χ4n) is 3.14. The minimum absolute atomic E-state index is 0.517. The standard InChI is InChI=1S/C13H26N2O/c1-3-11-9-15(7-6-13(11)14-2)10-12-5-4-8-16-12/h11-14H,3-10H2,1-2H3. The normalized spacial score (nSPS) is 36.8. The predicted octanol–water partition coefficient (Wildman–Crippen LogP) is 1.49. The molecule has 2 fully saturated rings. The molecular formula is C13H26N2O. The van der Waals surface area contributed by atoms with Crippen LogP contribution in [-0.2, 0) is 4.74 Å². The van der Waals surface area contributed by atoms with Gasteiger partial charge < -0.3 is 15.0 Å². The monoisotopic (exact) mass is 226 g/mol. The molecule has 0 aromatic carbocycles. The molecule has 0 saturated carbocycles. The molecule has 2 aliphatic heterocycles. The molecule has 3 atom stereocenters. The number of rotatable bonds is 4. The van der Waals surface area contributed by atoms with E-state index in [2.05, 4.69) is 24.2 Å². The molecule has 2 saturated heterocycles. The van der Waals surface area contributed by atoms with Crippen molar-refractivity contribution >= 4 is 0 Å². The molecule has 2 aliphatic rings. The minimum Gasteiger partial charge on any atom is -0.377 e. The molecule has 0 aliphatic carbocycles. The van der Waals surface area contributed by atoms with Crippen LogP contribution in [-0.4, -0.2) is 50.3 Å². The van der Waals surface area contributed by atoms with E-state index in [4.69, 9.17) is 4.74 Å². The Morgan fingerprint density at radius 3 is 2.88 bits per heavy atom. The molecular weight excluding hydrogens is 200 g/mol. The van der Waals surface area contributed by atoms with Crippen molar-refractivity contribution in [1.82, 2.24) is 10.2 Å². The summed E-state index contributed by atoms with van der Waals surface area (Å²) in [5, 5.41) is 3.46. The highest BCUT2D eigenvalue weighted by molar-refractivity contribution is 4.85. The van der Waals surface area contributed by atoms with Crippen LogP contribution in [0.15, 0.2) is 0 Å². The largest absolute Gasteiger partial charge is 0.377 e. The third kappa shape index (κ3) is 2.96. The van der Waals surface area contributed by atoms with E-state index in [0.717, 1.165) is 25.1 Å². The fraction of sp³-hybridized carbons (Fsp3) is 1.00. The number of hydrogen-bond donors (Lipinski definition) is 1. The number of hydrogen-bond acceptors (Lipinski definition) is 3. The fourth-order valence-corrected chi connectivity index (χ4v) is 3.14. The topological polar surface area (TPSA) is 24.5 Å². The van der Waals surface area contributed by atoms with Crippen LogP contribution in [0.5, 0.6) is 0 Å². The summed E-state index contributed by atoms with van der Waals surface area (Å²) in [6, 6.07) is 0.728. The van der Waals surface area contributed by atoms with Gasteiger partial charge in [0.2, 0.25) is 0 Å². The van der Waals surface area contributed by atoms with Crippen LogP contribution < -0.4 is 5.32 Å². The number of nitrogens with one attached hydrogen (secondary N) is 1. The van der Waals surface area contributed by atoms with Crippen molar-refractivity contribution in [2.24, 2.45) is 5.92 Å². The summed E-state index contributed by atoms with van der Waals surface area (Å²) in [5.41, 5.74) is 0. The van der Waals surface area contributed by atoms with Gasteiger partial charge in [-0.3, -0.25) is 0 Å². The maximum absolute atomic E-state index is 5.72. The van der Waals surface area contributed by atoms with Crippen LogP contribution in [0.1, 0.15) is 32.6 Å². The van der Waals surface area contributed by atoms with E-state index in [9.17, 15) is 0 Å². The molecule has 0 aromatic rings. The molecule has 94 valence electrons. The first-order valence-corrected chi connectivity index (χ1v) is 6.84. The second-order valence-electron chi connectivity index (χ2n) is 5.25. The van der Waals surface area contributed by atoms with Crippen molar-refractivity contribution in [3.63, 3.8) is 0 Å². The van der Waals surface area contributed by atoms with Gasteiger partial charge in [0, 0.05) is 25.7 Å². The lowest BCUT2D eigenvalue weighted by Crippen LogP contribution is -2.49. The summed E-state index contributed by atoms with van der Waals surface area (Å²) in [6.07, 6.45) is 5.62. The molecule has 3 heteroatoms. The first-order valence-electron chi connectivity index (χ1n) is 6.84. The zero-order valence-corrected chi connectivity index (χ0v) is 10.7. The summed E-state index contributed by atoms with van der Waals surface area (Å²) in [5.74, 6) is 0.820. The van der Waals surface area contributed by atoms with Crippen LogP contribution in [0, 0.1) is 5.92 Å². The third-order valence-corrected chi connectivity index (χ3v) is 4.20. The Morgan fingerprint density at radius 2 is 2.25 bits per heavy atom. The molecule has 0 spiro atoms. The predicted molar refractivity (Wildman–Crippen MR) is 66.7 cm³/mol. The molecule has 0 aromatic heterocycles. The van der Waals surface area contributed by atoms with Gasteiger partial charge >= 0.3 is 0 Å². The molecule has 0 bridgehead atoms. The van der Waals surface area contributed by atoms with Crippen LogP contribution in [0.4, 0.5) is 0 Å². The van der Waals surface area contributed by atoms with Gasteiger partial charge in [-0.1, -0.05) is 13.3 Å². The van der Waals surface area contributed by atoms with Gasteiger partial charge in [-0.15, -0.1) is 0 Å². The van der Waals surface area contributed by atoms with Gasteiger partial charge in [0.1, 0.15) is 0 Å². The smallest absolute Gasteiger partial charge is 0.0702 e. The lowest BCUT2D eigenvalue weighted by molar-refractivity contribution is 0.0489. The van der Waals surface area contributed by atoms with Crippen molar-refractivity contribution in [2.45, 2.75) is 44.8 Å². The van der Waals surface area contributed by atoms with Gasteiger partial charge in [0.05, 0.1) is 6.10 Å². The van der Waals surface area contributed by atoms with E-state index in [1.807, 2.05) is 0 Å². The van der Waals surface area contributed by atoms with Crippen molar-refractivity contribution in [1.29, 1.82) is 0 Å². The lowest BCUT2D eigenvalue weighted by atomic mass is 9.90. The Bertz CT molecular complexity index is 204. The first kappa shape index (κ1) is 12.3. The molecule has 0 radical (unpaired) electrons. The second kappa shape index (κ2) is 5.99. The summed E-state index contributed by atoms with van der Waals surface area (Å²) < 4.78 is 5.72. The Hall–Kier alpha value is -0.120. The molecule has 16 heavy (non-hydrogen) atoms. The van der Waals surface area contributed by atoms with Crippen molar-refractivity contribution in [3.8, 4) is 0 Å². The van der Waals surface area contributed by atoms with Gasteiger partial charge in [0.15, 0.2) is 0 Å². The third-order valence-electron chi connectivity index (χ3n) is 4.20. The second-order valence-corrected chi connectivity index (χ2v) is 5.25. The van der Waals surface area contributed by atoms with Crippen LogP contribution in [0.2, 0.25) is 0 Å². The molecule has 0 amide bonds. The van der Waals surface area contributed by atoms with E-state index in [1.54, 1.807) is 0 Å². The lowest BCUT2D eigenvalue weighted by Gasteiger charge is -2.39. The van der Waals surface area contributed by atoms with Crippen LogP contribution in [0.25, 0.3) is 0 Å². The van der Waals surface area contributed by atoms with E-state index in [1.165, 1.54) is 38.8 Å². The van der Waals surface area contributed by atoms with Crippen LogP contribution in [0.3, 0.4) is 0 Å². The summed E-state index contributed by atoms with van der Waals surface area (Å²) in [4.78, 5) is 2.61. The Balaban J connectivity index is 1.79. The van der Waals surface area contributed by atoms with Gasteiger partial charge in [-0.25, -0.2) is 0 Å². The Kier molecular flexibility index (Phi) is 4.62. The van der Waals surface area contributed by atoms with E-state index in [0.29, 0.717) is 6.10 Å². The Labute approximate surface area is 99.5 Å². The number of piperidine rings is 1. The van der Waals surface area contributed by atoms with Crippen molar-refractivity contribution < 1.29 is 4.74 Å². The summed E-state index contributed by atoms with van der Waals surface area (Å²) >= 11 is 0. The van der Waals surface area contributed by atoms with Gasteiger partial charge in [-0.05, 0) is 38.8 Å². The van der Waals surface area contributed by atoms with E-state index >= 15 is 0 Å². The number of nitrogens with zero attached hydrogens (tertiary/aromatic N) is 1. The van der Waals surface area contributed by atoms with Crippen molar-refractivity contribution in [3.05, 3.63) is 0 Å². The summed E-state index contributed by atoms with van der Waals surface area (Å²) in [6.45, 7) is 6.94. The molecule has 1 N–H and O–H groups in total. The number of ether oxygens (including phenoxy) is 1. The highest BCUT2D eigenvalue weighted by Gasteiger charge is 2.28. The minimum atomic E-state index is 0.517. The molecule has 3 nitrogen and oxygen atoms in total. The molecule has 2 heterocycles. The maximum atomic E-state index is 5.72. The van der Waals surface area contributed by atoms with E-state index < -0.39 is 0 Å². The highest BCUT2D eigenvalue weighted by Crippen LogP contribution is 2.22. The van der Waals surface area contributed by atoms with Crippen molar-refractivity contribution in [2.75, 3.05) is 33.3 Å². The Morgan fingerprint density at radius 1 is 1.38 bits per heavy atom. The van der Waals surface area contributed by atoms with E-state index in [-0.39, 0.29) is 0 Å². The zero-order valence-electron chi connectivity index (χ0n) is 10.7. The van der Waals surface area contributed by atoms with Gasteiger partial charge in [-0.2, -0.15) is 0 Å². The van der Waals surface area contributed by atoms with Gasteiger partial charge in [0.25, 0.3) is 0 Å². The SMILES string of the molecule is CCC1CN(CC2CCCO2)CCC1NC. The zero-order chi connectivity index (χ0) is 11.4. The first-order chi connectivity index (χ1) is 7.83. The molecule has 3 unspecified atom stereocenters.